The van der Waals surface area contributed by atoms with Crippen LogP contribution in [0.4, 0.5) is 11.6 Å². The van der Waals surface area contributed by atoms with Crippen molar-refractivity contribution < 1.29 is 14.6 Å². The van der Waals surface area contributed by atoms with Gasteiger partial charge in [0.05, 0.1) is 6.20 Å². The number of fused-ring (bicyclic) bond motifs is 1. The zero-order valence-corrected chi connectivity index (χ0v) is 22.8. The molecule has 1 aliphatic heterocycles. The maximum atomic E-state index is 12.0. The number of rotatable bonds is 15. The Kier molecular flexibility index (Phi) is 10.6. The summed E-state index contributed by atoms with van der Waals surface area (Å²) >= 11 is 0. The average Bonchev–Trinajstić information content (AvgIpc) is 2.97. The summed E-state index contributed by atoms with van der Waals surface area (Å²) < 4.78 is 5.89. The van der Waals surface area contributed by atoms with Gasteiger partial charge in [0.15, 0.2) is 11.5 Å². The van der Waals surface area contributed by atoms with E-state index in [-0.39, 0.29) is 11.5 Å². The molecule has 0 aliphatic carbocycles. The number of hydrogen-bond donors (Lipinski definition) is 3. The van der Waals surface area contributed by atoms with Crippen molar-refractivity contribution in [2.24, 2.45) is 0 Å². The number of nitrogens with zero attached hydrogens (tertiary/aromatic N) is 6. The molecule has 40 heavy (non-hydrogen) atoms. The quantitative estimate of drug-likeness (QED) is 0.241. The molecule has 0 saturated heterocycles. The van der Waals surface area contributed by atoms with Crippen LogP contribution < -0.4 is 15.4 Å². The van der Waals surface area contributed by atoms with Crippen LogP contribution >= 0.6 is 0 Å². The molecule has 210 valence electrons. The van der Waals surface area contributed by atoms with Crippen molar-refractivity contribution in [3.8, 4) is 11.8 Å². The lowest BCUT2D eigenvalue weighted by molar-refractivity contribution is -0.138. The van der Waals surface area contributed by atoms with E-state index >= 15 is 0 Å². The van der Waals surface area contributed by atoms with Crippen LogP contribution in [0.3, 0.4) is 0 Å². The van der Waals surface area contributed by atoms with Gasteiger partial charge >= 0.3 is 5.97 Å². The van der Waals surface area contributed by atoms with Crippen molar-refractivity contribution in [2.45, 2.75) is 51.5 Å². The number of carbonyl (C=O) groups is 1. The van der Waals surface area contributed by atoms with Crippen LogP contribution in [0, 0.1) is 18.3 Å². The van der Waals surface area contributed by atoms with Gasteiger partial charge in [-0.1, -0.05) is 6.07 Å². The van der Waals surface area contributed by atoms with Gasteiger partial charge in [0.25, 0.3) is 0 Å². The molecule has 0 fully saturated rings. The van der Waals surface area contributed by atoms with E-state index in [0.717, 1.165) is 62.4 Å². The molecule has 4 rings (SSSR count). The number of anilines is 2. The summed E-state index contributed by atoms with van der Waals surface area (Å²) in [5, 5.41) is 25.4. The van der Waals surface area contributed by atoms with Gasteiger partial charge in [-0.25, -0.2) is 19.7 Å². The predicted octanol–water partition coefficient (Wildman–Crippen LogP) is 3.46. The second-order valence-corrected chi connectivity index (χ2v) is 9.81. The molecular weight excluding hydrogens is 508 g/mol. The number of hydrogen-bond acceptors (Lipinski definition) is 10. The molecule has 0 radical (unpaired) electrons. The van der Waals surface area contributed by atoms with Crippen LogP contribution in [0.2, 0.25) is 0 Å². The van der Waals surface area contributed by atoms with Crippen molar-refractivity contribution in [3.05, 3.63) is 65.5 Å². The first-order chi connectivity index (χ1) is 19.5. The van der Waals surface area contributed by atoms with Crippen LogP contribution in [0.5, 0.6) is 5.75 Å². The van der Waals surface area contributed by atoms with Gasteiger partial charge in [-0.15, -0.1) is 0 Å². The zero-order valence-electron chi connectivity index (χ0n) is 22.8. The molecule has 0 spiro atoms. The van der Waals surface area contributed by atoms with Gasteiger partial charge in [-0.3, -0.25) is 9.88 Å². The van der Waals surface area contributed by atoms with Gasteiger partial charge in [0, 0.05) is 43.4 Å². The second kappa shape index (κ2) is 14.7. The number of aromatic nitrogens is 4. The van der Waals surface area contributed by atoms with E-state index in [1.54, 1.807) is 6.20 Å². The van der Waals surface area contributed by atoms with Crippen LogP contribution in [-0.2, 0) is 17.6 Å². The molecule has 11 nitrogen and oxygen atoms in total. The SMILES string of the molecule is Cc1ccc(OCCN(CCCCc2ccc3c(n2)NCCC3)CC[C@H](Nc2nccnc2C#N)C(=O)O)cn1. The first-order valence-electron chi connectivity index (χ1n) is 13.7. The Morgan fingerprint density at radius 3 is 2.85 bits per heavy atom. The second-order valence-electron chi connectivity index (χ2n) is 9.81. The highest BCUT2D eigenvalue weighted by Crippen LogP contribution is 2.20. The molecule has 4 heterocycles. The van der Waals surface area contributed by atoms with E-state index in [9.17, 15) is 15.2 Å². The molecule has 3 aromatic rings. The average molecular weight is 545 g/mol. The highest BCUT2D eigenvalue weighted by molar-refractivity contribution is 5.77. The fourth-order valence-corrected chi connectivity index (χ4v) is 4.58. The Morgan fingerprint density at radius 2 is 2.05 bits per heavy atom. The Labute approximate surface area is 234 Å². The molecule has 3 aromatic heterocycles. The lowest BCUT2D eigenvalue weighted by atomic mass is 10.1. The number of ether oxygens (including phenoxy) is 1. The highest BCUT2D eigenvalue weighted by atomic mass is 16.5. The van der Waals surface area contributed by atoms with Crippen molar-refractivity contribution in [1.82, 2.24) is 24.8 Å². The molecule has 0 bridgehead atoms. The normalized spacial score (nSPS) is 13.1. The number of nitriles is 1. The number of unbranched alkanes of at least 4 members (excludes halogenated alkanes) is 1. The van der Waals surface area contributed by atoms with Crippen molar-refractivity contribution in [3.63, 3.8) is 0 Å². The van der Waals surface area contributed by atoms with Crippen LogP contribution in [0.15, 0.2) is 42.9 Å². The smallest absolute Gasteiger partial charge is 0.326 e. The number of aliphatic carboxylic acids is 1. The fourth-order valence-electron chi connectivity index (χ4n) is 4.58. The number of carboxylic acids is 1. The first kappa shape index (κ1) is 28.7. The number of aryl methyl sites for hydroxylation is 3. The molecule has 3 N–H and O–H groups in total. The summed E-state index contributed by atoms with van der Waals surface area (Å²) in [6.07, 6.45) is 9.87. The summed E-state index contributed by atoms with van der Waals surface area (Å²) in [7, 11) is 0. The van der Waals surface area contributed by atoms with Crippen LogP contribution in [0.1, 0.15) is 48.3 Å². The van der Waals surface area contributed by atoms with E-state index in [4.69, 9.17) is 9.72 Å². The lowest BCUT2D eigenvalue weighted by Gasteiger charge is -2.24. The Balaban J connectivity index is 1.32. The van der Waals surface area contributed by atoms with E-state index < -0.39 is 12.0 Å². The van der Waals surface area contributed by atoms with Crippen molar-refractivity contribution in [2.75, 3.05) is 43.4 Å². The minimum Gasteiger partial charge on any atom is -0.491 e. The molecule has 0 saturated carbocycles. The Hall–Kier alpha value is -4.30. The van der Waals surface area contributed by atoms with Crippen LogP contribution in [0.25, 0.3) is 0 Å². The van der Waals surface area contributed by atoms with Gasteiger partial charge in [0.2, 0.25) is 0 Å². The largest absolute Gasteiger partial charge is 0.491 e. The highest BCUT2D eigenvalue weighted by Gasteiger charge is 2.21. The maximum absolute atomic E-state index is 12.0. The monoisotopic (exact) mass is 544 g/mol. The molecule has 0 unspecified atom stereocenters. The summed E-state index contributed by atoms with van der Waals surface area (Å²) in [5.74, 6) is 0.882. The molecule has 0 aromatic carbocycles. The summed E-state index contributed by atoms with van der Waals surface area (Å²) in [6.45, 7) is 5.31. The van der Waals surface area contributed by atoms with Crippen LogP contribution in [-0.4, -0.2) is 74.7 Å². The molecule has 1 atom stereocenters. The van der Waals surface area contributed by atoms with Gasteiger partial charge in [-0.2, -0.15) is 5.26 Å². The fraction of sp³-hybridized carbons (Fsp3) is 0.448. The van der Waals surface area contributed by atoms with E-state index in [1.165, 1.54) is 18.0 Å². The Morgan fingerprint density at radius 1 is 1.18 bits per heavy atom. The number of pyridine rings is 2. The number of carboxylic acid groups (broad SMARTS) is 1. The van der Waals surface area contributed by atoms with Gasteiger partial charge in [-0.05, 0) is 75.8 Å². The summed E-state index contributed by atoms with van der Waals surface area (Å²) in [4.78, 5) is 31.3. The van der Waals surface area contributed by atoms with Crippen molar-refractivity contribution in [1.29, 1.82) is 5.26 Å². The third-order valence-electron chi connectivity index (χ3n) is 6.82. The Bertz CT molecular complexity index is 1300. The van der Waals surface area contributed by atoms with Gasteiger partial charge < -0.3 is 20.5 Å². The predicted molar refractivity (Wildman–Crippen MR) is 151 cm³/mol. The molecule has 11 heteroatoms. The number of nitrogens with one attached hydrogen (secondary N) is 2. The first-order valence-corrected chi connectivity index (χ1v) is 13.7. The summed E-state index contributed by atoms with van der Waals surface area (Å²) in [6, 6.07) is 9.13. The minimum absolute atomic E-state index is 0.0664. The lowest BCUT2D eigenvalue weighted by Crippen LogP contribution is -2.37. The van der Waals surface area contributed by atoms with Crippen molar-refractivity contribution >= 4 is 17.6 Å². The third-order valence-corrected chi connectivity index (χ3v) is 6.82. The third kappa shape index (κ3) is 8.61. The zero-order chi connectivity index (χ0) is 28.2. The molecule has 0 amide bonds. The summed E-state index contributed by atoms with van der Waals surface area (Å²) in [5.41, 5.74) is 3.36. The minimum atomic E-state index is -1.01. The van der Waals surface area contributed by atoms with E-state index in [0.29, 0.717) is 31.9 Å². The van der Waals surface area contributed by atoms with E-state index in [1.807, 2.05) is 25.1 Å². The standard InChI is InChI=1S/C29H36N8O3/c1-21-7-10-24(20-34-21)40-18-17-37(15-3-2-6-23-9-8-22-5-4-12-32-27(22)35-23)16-11-25(29(38)39)36-28-26(19-30)31-13-14-33-28/h7-10,13-14,20,25H,2-6,11-12,15-18H2,1H3,(H,32,35)(H,33,36)(H,38,39)/t25-/m0/s1. The maximum Gasteiger partial charge on any atom is 0.326 e. The molecule has 1 aliphatic rings. The van der Waals surface area contributed by atoms with Gasteiger partial charge in [0.1, 0.15) is 30.3 Å². The van der Waals surface area contributed by atoms with E-state index in [2.05, 4.69) is 42.6 Å². The molecular formula is C29H36N8O3. The topological polar surface area (TPSA) is 149 Å².